The molecule has 0 unspecified atom stereocenters. The van der Waals surface area contributed by atoms with Crippen molar-refractivity contribution in [3.8, 4) is 22.8 Å². The van der Waals surface area contributed by atoms with Crippen molar-refractivity contribution in [1.82, 2.24) is 35.0 Å². The Morgan fingerprint density at radius 1 is 1.18 bits per heavy atom. The van der Waals surface area contributed by atoms with Gasteiger partial charge in [-0.05, 0) is 36.3 Å². The first-order chi connectivity index (χ1) is 16.2. The van der Waals surface area contributed by atoms with Gasteiger partial charge in [0.25, 0.3) is 5.91 Å². The SMILES string of the molecule is BC(B)(B)NC(=O)c1cnc(NC(=O)C2CC2)c2[nH]c(-c3cc(-c4ncn(C)n4)ccn3)cc12. The summed E-state index contributed by atoms with van der Waals surface area (Å²) in [6.45, 7) is 0. The number of hydrogen-bond acceptors (Lipinski definition) is 6. The van der Waals surface area contributed by atoms with E-state index in [9.17, 15) is 9.59 Å². The van der Waals surface area contributed by atoms with Crippen LogP contribution in [0, 0.1) is 5.92 Å². The maximum Gasteiger partial charge on any atom is 0.252 e. The molecular weight excluding hydrogens is 429 g/mol. The van der Waals surface area contributed by atoms with E-state index < -0.39 is 5.24 Å². The molecular formula is C21H23B3N8O2. The Morgan fingerprint density at radius 3 is 2.65 bits per heavy atom. The second-order valence-electron chi connectivity index (χ2n) is 9.63. The van der Waals surface area contributed by atoms with Crippen LogP contribution in [0.3, 0.4) is 0 Å². The Labute approximate surface area is 198 Å². The summed E-state index contributed by atoms with van der Waals surface area (Å²) in [5.74, 6) is 0.715. The highest BCUT2D eigenvalue weighted by molar-refractivity contribution is 6.60. The number of rotatable bonds is 6. The number of amides is 2. The number of nitrogens with one attached hydrogen (secondary N) is 3. The zero-order valence-electron chi connectivity index (χ0n) is 19.5. The lowest BCUT2D eigenvalue weighted by atomic mass is 9.49. The van der Waals surface area contributed by atoms with Crippen molar-refractivity contribution in [2.75, 3.05) is 5.32 Å². The molecule has 1 aliphatic rings. The summed E-state index contributed by atoms with van der Waals surface area (Å²) in [7, 11) is 7.57. The first-order valence-electron chi connectivity index (χ1n) is 11.2. The van der Waals surface area contributed by atoms with Crippen LogP contribution in [0.2, 0.25) is 0 Å². The lowest BCUT2D eigenvalue weighted by molar-refractivity contribution is -0.117. The molecule has 0 radical (unpaired) electrons. The number of anilines is 1. The Balaban J connectivity index is 1.59. The third-order valence-electron chi connectivity index (χ3n) is 5.48. The van der Waals surface area contributed by atoms with E-state index in [-0.39, 0.29) is 17.7 Å². The molecule has 0 atom stereocenters. The van der Waals surface area contributed by atoms with Gasteiger partial charge in [-0.25, -0.2) is 9.97 Å². The zero-order chi connectivity index (χ0) is 24.0. The predicted octanol–water partition coefficient (Wildman–Crippen LogP) is -0.991. The molecule has 0 spiro atoms. The van der Waals surface area contributed by atoms with Crippen molar-refractivity contribution >= 4 is 52.1 Å². The largest absolute Gasteiger partial charge is 0.370 e. The van der Waals surface area contributed by atoms with E-state index in [0.29, 0.717) is 39.5 Å². The lowest BCUT2D eigenvalue weighted by Gasteiger charge is -2.20. The van der Waals surface area contributed by atoms with Gasteiger partial charge in [-0.1, -0.05) is 0 Å². The third-order valence-corrected chi connectivity index (χ3v) is 5.48. The Bertz CT molecular complexity index is 1420. The number of aromatic nitrogens is 6. The van der Waals surface area contributed by atoms with Crippen molar-refractivity contribution in [2.45, 2.75) is 18.1 Å². The summed E-state index contributed by atoms with van der Waals surface area (Å²) in [6.07, 6.45) is 6.60. The third kappa shape index (κ3) is 4.46. The van der Waals surface area contributed by atoms with E-state index in [1.165, 1.54) is 6.20 Å². The molecule has 0 aliphatic heterocycles. The number of fused-ring (bicyclic) bond motifs is 1. The van der Waals surface area contributed by atoms with Gasteiger partial charge in [0.15, 0.2) is 11.6 Å². The van der Waals surface area contributed by atoms with Gasteiger partial charge in [0.1, 0.15) is 29.9 Å². The van der Waals surface area contributed by atoms with Gasteiger partial charge in [-0.3, -0.25) is 19.3 Å². The van der Waals surface area contributed by atoms with Crippen LogP contribution in [-0.4, -0.2) is 70.3 Å². The minimum Gasteiger partial charge on any atom is -0.370 e. The molecule has 1 fully saturated rings. The van der Waals surface area contributed by atoms with Crippen LogP contribution in [-0.2, 0) is 11.8 Å². The fourth-order valence-corrected chi connectivity index (χ4v) is 3.69. The summed E-state index contributed by atoms with van der Waals surface area (Å²) >= 11 is 0. The van der Waals surface area contributed by atoms with Crippen molar-refractivity contribution in [1.29, 1.82) is 0 Å². The Hall–Kier alpha value is -3.89. The van der Waals surface area contributed by atoms with Crippen LogP contribution >= 0.6 is 0 Å². The van der Waals surface area contributed by atoms with Crippen LogP contribution in [0.25, 0.3) is 33.7 Å². The monoisotopic (exact) mass is 452 g/mol. The van der Waals surface area contributed by atoms with Crippen LogP contribution < -0.4 is 10.6 Å². The molecule has 13 heteroatoms. The fraction of sp³-hybridized carbons (Fsp3) is 0.238. The summed E-state index contributed by atoms with van der Waals surface area (Å²) in [5, 5.41) is 10.5. The van der Waals surface area contributed by atoms with Crippen LogP contribution in [0.1, 0.15) is 23.2 Å². The van der Waals surface area contributed by atoms with Gasteiger partial charge in [0.2, 0.25) is 5.91 Å². The molecule has 0 saturated heterocycles. The van der Waals surface area contributed by atoms with Crippen LogP contribution in [0.4, 0.5) is 5.82 Å². The van der Waals surface area contributed by atoms with Crippen LogP contribution in [0.15, 0.2) is 36.9 Å². The lowest BCUT2D eigenvalue weighted by Crippen LogP contribution is -2.50. The first kappa shape index (κ1) is 21.9. The minimum absolute atomic E-state index is 0.0272. The molecule has 0 aromatic carbocycles. The van der Waals surface area contributed by atoms with Crippen molar-refractivity contribution < 1.29 is 9.59 Å². The fourth-order valence-electron chi connectivity index (χ4n) is 3.69. The molecule has 168 valence electrons. The van der Waals surface area contributed by atoms with Gasteiger partial charge in [0.05, 0.1) is 22.5 Å². The minimum atomic E-state index is -0.410. The standard InChI is InChI=1S/C21H23B3N8O2/c1-32-9-27-17(31-32)11-4-5-25-14(6-11)15-7-12-13(20(34)30-21(22,23)24)8-26-18(16(12)28-15)29-19(33)10-2-3-10/h4-10,28H,2-3,22-24H2,1H3,(H,30,34)(H,26,29,33). The molecule has 4 aromatic rings. The van der Waals surface area contributed by atoms with Gasteiger partial charge in [0, 0.05) is 36.3 Å². The summed E-state index contributed by atoms with van der Waals surface area (Å²) < 4.78 is 1.64. The number of H-pyrrole nitrogens is 1. The predicted molar refractivity (Wildman–Crippen MR) is 137 cm³/mol. The molecule has 2 amide bonds. The highest BCUT2D eigenvalue weighted by Crippen LogP contribution is 2.33. The number of hydrogen-bond donors (Lipinski definition) is 3. The molecule has 5 rings (SSSR count). The summed E-state index contributed by atoms with van der Waals surface area (Å²) in [5.41, 5.74) is 3.15. The molecule has 4 aromatic heterocycles. The molecule has 1 aliphatic carbocycles. The average Bonchev–Trinajstić information content (AvgIpc) is 3.39. The van der Waals surface area contributed by atoms with E-state index in [2.05, 4.69) is 35.7 Å². The number of aromatic amines is 1. The Kier molecular flexibility index (Phi) is 5.26. The molecule has 10 nitrogen and oxygen atoms in total. The Morgan fingerprint density at radius 2 is 1.97 bits per heavy atom. The zero-order valence-corrected chi connectivity index (χ0v) is 19.5. The highest BCUT2D eigenvalue weighted by Gasteiger charge is 2.31. The molecule has 3 N–H and O–H groups in total. The van der Waals surface area contributed by atoms with Gasteiger partial charge >= 0.3 is 0 Å². The molecule has 34 heavy (non-hydrogen) atoms. The van der Waals surface area contributed by atoms with Gasteiger partial charge < -0.3 is 15.6 Å². The highest BCUT2D eigenvalue weighted by atomic mass is 16.2. The van der Waals surface area contributed by atoms with E-state index in [1.807, 2.05) is 48.8 Å². The summed E-state index contributed by atoms with van der Waals surface area (Å²) in [4.78, 5) is 42.0. The first-order valence-corrected chi connectivity index (χ1v) is 11.2. The normalized spacial score (nSPS) is 13.7. The van der Waals surface area contributed by atoms with Crippen LogP contribution in [0.5, 0.6) is 0 Å². The smallest absolute Gasteiger partial charge is 0.252 e. The number of nitrogens with zero attached hydrogens (tertiary/aromatic N) is 5. The second kappa shape index (κ2) is 8.16. The molecule has 1 saturated carbocycles. The van der Waals surface area contributed by atoms with E-state index in [0.717, 1.165) is 18.4 Å². The second-order valence-corrected chi connectivity index (χ2v) is 9.63. The van der Waals surface area contributed by atoms with Crippen molar-refractivity contribution in [2.24, 2.45) is 13.0 Å². The van der Waals surface area contributed by atoms with E-state index in [4.69, 9.17) is 0 Å². The van der Waals surface area contributed by atoms with E-state index in [1.54, 1.807) is 17.2 Å². The van der Waals surface area contributed by atoms with Crippen molar-refractivity contribution in [3.63, 3.8) is 0 Å². The molecule has 4 heterocycles. The number of carbonyl (C=O) groups excluding carboxylic acids is 2. The average molecular weight is 452 g/mol. The van der Waals surface area contributed by atoms with Gasteiger partial charge in [-0.2, -0.15) is 5.10 Å². The summed E-state index contributed by atoms with van der Waals surface area (Å²) in [6, 6.07) is 5.58. The molecule has 0 bridgehead atoms. The number of aryl methyl sites for hydroxylation is 1. The van der Waals surface area contributed by atoms with Crippen molar-refractivity contribution in [3.05, 3.63) is 42.5 Å². The van der Waals surface area contributed by atoms with Gasteiger partial charge in [-0.15, -0.1) is 0 Å². The maximum absolute atomic E-state index is 13.0. The number of pyridine rings is 2. The quantitative estimate of drug-likeness (QED) is 0.323. The topological polar surface area (TPSA) is 130 Å². The van der Waals surface area contributed by atoms with E-state index >= 15 is 0 Å². The number of carbonyl (C=O) groups is 2. The maximum atomic E-state index is 13.0.